The molecule has 1 heterocycles. The van der Waals surface area contributed by atoms with Crippen molar-refractivity contribution in [2.24, 2.45) is 5.84 Å². The van der Waals surface area contributed by atoms with E-state index in [9.17, 15) is 0 Å². The fourth-order valence-electron chi connectivity index (χ4n) is 2.14. The second-order valence-electron chi connectivity index (χ2n) is 4.43. The number of imidazole rings is 1. The SMILES string of the molecule is Cc1cc(C)c(C)c(-c2cnc(NN)[nH]2)c1C. The largest absolute Gasteiger partial charge is 0.323 e. The third kappa shape index (κ3) is 1.91. The number of nitrogens with one attached hydrogen (secondary N) is 2. The molecular weight excluding hydrogens is 212 g/mol. The Kier molecular flexibility index (Phi) is 2.90. The molecule has 4 heteroatoms. The first-order chi connectivity index (χ1) is 8.04. The van der Waals surface area contributed by atoms with Gasteiger partial charge in [0, 0.05) is 5.56 Å². The Morgan fingerprint density at radius 2 is 1.71 bits per heavy atom. The highest BCUT2D eigenvalue weighted by atomic mass is 15.3. The lowest BCUT2D eigenvalue weighted by atomic mass is 9.93. The summed E-state index contributed by atoms with van der Waals surface area (Å²) < 4.78 is 0. The van der Waals surface area contributed by atoms with E-state index in [2.05, 4.69) is 49.2 Å². The van der Waals surface area contributed by atoms with Crippen molar-refractivity contribution < 1.29 is 0 Å². The zero-order valence-corrected chi connectivity index (χ0v) is 10.7. The summed E-state index contributed by atoms with van der Waals surface area (Å²) in [6.45, 7) is 8.52. The molecule has 1 aromatic carbocycles. The van der Waals surface area contributed by atoms with Gasteiger partial charge in [-0.1, -0.05) is 6.07 Å². The number of benzene rings is 1. The molecule has 0 atom stereocenters. The Morgan fingerprint density at radius 3 is 2.18 bits per heavy atom. The third-order valence-corrected chi connectivity index (χ3v) is 3.35. The van der Waals surface area contributed by atoms with Crippen molar-refractivity contribution in [3.63, 3.8) is 0 Å². The summed E-state index contributed by atoms with van der Waals surface area (Å²) in [6.07, 6.45) is 1.81. The van der Waals surface area contributed by atoms with Gasteiger partial charge in [-0.3, -0.25) is 5.43 Å². The smallest absolute Gasteiger partial charge is 0.215 e. The molecule has 0 spiro atoms. The van der Waals surface area contributed by atoms with Gasteiger partial charge < -0.3 is 4.98 Å². The lowest BCUT2D eigenvalue weighted by molar-refractivity contribution is 1.19. The van der Waals surface area contributed by atoms with Gasteiger partial charge in [-0.2, -0.15) is 0 Å². The topological polar surface area (TPSA) is 66.7 Å². The molecule has 17 heavy (non-hydrogen) atoms. The van der Waals surface area contributed by atoms with Crippen molar-refractivity contribution in [1.82, 2.24) is 9.97 Å². The van der Waals surface area contributed by atoms with Crippen LogP contribution >= 0.6 is 0 Å². The number of rotatable bonds is 2. The molecule has 0 saturated carbocycles. The Balaban J connectivity index is 2.65. The molecule has 0 amide bonds. The van der Waals surface area contributed by atoms with Gasteiger partial charge >= 0.3 is 0 Å². The standard InChI is InChI=1S/C13H18N4/c1-7-5-8(2)10(4)12(9(7)3)11-6-15-13(16-11)17-14/h5-6H,14H2,1-4H3,(H2,15,16,17). The van der Waals surface area contributed by atoms with E-state index in [0.717, 1.165) is 5.69 Å². The maximum atomic E-state index is 5.33. The monoisotopic (exact) mass is 230 g/mol. The molecule has 0 radical (unpaired) electrons. The summed E-state index contributed by atoms with van der Waals surface area (Å²) in [5.74, 6) is 5.91. The number of aromatic amines is 1. The highest BCUT2D eigenvalue weighted by molar-refractivity contribution is 5.71. The number of H-pyrrole nitrogens is 1. The van der Waals surface area contributed by atoms with Crippen LogP contribution in [-0.4, -0.2) is 9.97 Å². The van der Waals surface area contributed by atoms with Crippen LogP contribution in [-0.2, 0) is 0 Å². The van der Waals surface area contributed by atoms with Gasteiger partial charge in [0.2, 0.25) is 5.95 Å². The Hall–Kier alpha value is -1.81. The number of aromatic nitrogens is 2. The van der Waals surface area contributed by atoms with E-state index in [1.807, 2.05) is 6.20 Å². The fraction of sp³-hybridized carbons (Fsp3) is 0.308. The lowest BCUT2D eigenvalue weighted by Gasteiger charge is -2.13. The zero-order valence-electron chi connectivity index (χ0n) is 10.7. The van der Waals surface area contributed by atoms with Crippen molar-refractivity contribution in [2.75, 3.05) is 5.43 Å². The number of aryl methyl sites for hydroxylation is 2. The molecule has 2 aromatic rings. The van der Waals surface area contributed by atoms with Gasteiger partial charge in [-0.15, -0.1) is 0 Å². The van der Waals surface area contributed by atoms with Crippen molar-refractivity contribution in [1.29, 1.82) is 0 Å². The average molecular weight is 230 g/mol. The number of hydrogen-bond acceptors (Lipinski definition) is 3. The molecule has 4 nitrogen and oxygen atoms in total. The summed E-state index contributed by atoms with van der Waals surface area (Å²) in [6, 6.07) is 2.21. The van der Waals surface area contributed by atoms with Crippen LogP contribution in [0.2, 0.25) is 0 Å². The molecule has 90 valence electrons. The van der Waals surface area contributed by atoms with Crippen LogP contribution in [0.25, 0.3) is 11.3 Å². The highest BCUT2D eigenvalue weighted by Crippen LogP contribution is 2.30. The third-order valence-electron chi connectivity index (χ3n) is 3.35. The number of anilines is 1. The number of nitrogens with zero attached hydrogens (tertiary/aromatic N) is 1. The van der Waals surface area contributed by atoms with Crippen LogP contribution in [0.3, 0.4) is 0 Å². The second kappa shape index (κ2) is 4.22. The van der Waals surface area contributed by atoms with E-state index in [1.165, 1.54) is 27.8 Å². The van der Waals surface area contributed by atoms with Crippen LogP contribution in [0.5, 0.6) is 0 Å². The van der Waals surface area contributed by atoms with Crippen LogP contribution < -0.4 is 11.3 Å². The number of hydrazine groups is 1. The second-order valence-corrected chi connectivity index (χ2v) is 4.43. The van der Waals surface area contributed by atoms with Crippen molar-refractivity contribution in [3.05, 3.63) is 34.5 Å². The van der Waals surface area contributed by atoms with Crippen LogP contribution in [0.1, 0.15) is 22.3 Å². The maximum absolute atomic E-state index is 5.33. The van der Waals surface area contributed by atoms with E-state index in [1.54, 1.807) is 0 Å². The maximum Gasteiger partial charge on any atom is 0.215 e. The van der Waals surface area contributed by atoms with E-state index >= 15 is 0 Å². The predicted molar refractivity (Wildman–Crippen MR) is 70.8 cm³/mol. The van der Waals surface area contributed by atoms with Crippen molar-refractivity contribution in [2.45, 2.75) is 27.7 Å². The molecule has 0 fully saturated rings. The summed E-state index contributed by atoms with van der Waals surface area (Å²) in [5, 5.41) is 0. The summed E-state index contributed by atoms with van der Waals surface area (Å²) in [5.41, 5.74) is 9.88. The molecule has 0 unspecified atom stereocenters. The number of hydrogen-bond donors (Lipinski definition) is 3. The quantitative estimate of drug-likeness (QED) is 0.548. The van der Waals surface area contributed by atoms with Crippen LogP contribution in [0.15, 0.2) is 12.3 Å². The molecule has 4 N–H and O–H groups in total. The zero-order chi connectivity index (χ0) is 12.6. The van der Waals surface area contributed by atoms with Gasteiger partial charge in [0.25, 0.3) is 0 Å². The highest BCUT2D eigenvalue weighted by Gasteiger charge is 2.12. The minimum atomic E-state index is 0.581. The fourth-order valence-corrected chi connectivity index (χ4v) is 2.14. The first-order valence-electron chi connectivity index (χ1n) is 5.64. The van der Waals surface area contributed by atoms with E-state index in [0.29, 0.717) is 5.95 Å². The Morgan fingerprint density at radius 1 is 1.12 bits per heavy atom. The average Bonchev–Trinajstić information content (AvgIpc) is 2.75. The predicted octanol–water partition coefficient (Wildman–Crippen LogP) is 2.60. The van der Waals surface area contributed by atoms with Gasteiger partial charge in [0.05, 0.1) is 11.9 Å². The van der Waals surface area contributed by atoms with Crippen LogP contribution in [0, 0.1) is 27.7 Å². The van der Waals surface area contributed by atoms with E-state index < -0.39 is 0 Å². The molecule has 0 saturated heterocycles. The number of nitrogens with two attached hydrogens (primary N) is 1. The van der Waals surface area contributed by atoms with Crippen molar-refractivity contribution >= 4 is 5.95 Å². The minimum absolute atomic E-state index is 0.581. The van der Waals surface area contributed by atoms with Gasteiger partial charge in [-0.05, 0) is 49.9 Å². The normalized spacial score (nSPS) is 10.6. The minimum Gasteiger partial charge on any atom is -0.323 e. The summed E-state index contributed by atoms with van der Waals surface area (Å²) >= 11 is 0. The summed E-state index contributed by atoms with van der Waals surface area (Å²) in [7, 11) is 0. The molecular formula is C13H18N4. The van der Waals surface area contributed by atoms with Crippen molar-refractivity contribution in [3.8, 4) is 11.3 Å². The van der Waals surface area contributed by atoms with E-state index in [4.69, 9.17) is 5.84 Å². The molecule has 0 aliphatic rings. The lowest BCUT2D eigenvalue weighted by Crippen LogP contribution is -2.07. The molecule has 0 bridgehead atoms. The molecule has 0 aliphatic heterocycles. The first kappa shape index (κ1) is 11.7. The van der Waals surface area contributed by atoms with Crippen LogP contribution in [0.4, 0.5) is 5.95 Å². The Labute approximate surface area is 101 Å². The van der Waals surface area contributed by atoms with E-state index in [-0.39, 0.29) is 0 Å². The van der Waals surface area contributed by atoms with Gasteiger partial charge in [0.1, 0.15) is 0 Å². The first-order valence-corrected chi connectivity index (χ1v) is 5.64. The van der Waals surface area contributed by atoms with Gasteiger partial charge in [0.15, 0.2) is 0 Å². The molecule has 1 aromatic heterocycles. The molecule has 2 rings (SSSR count). The number of nitrogen functional groups attached to an aromatic ring is 1. The molecule has 0 aliphatic carbocycles. The summed E-state index contributed by atoms with van der Waals surface area (Å²) in [4.78, 5) is 7.33. The Bertz CT molecular complexity index is 529. The van der Waals surface area contributed by atoms with Gasteiger partial charge in [-0.25, -0.2) is 10.8 Å².